The summed E-state index contributed by atoms with van der Waals surface area (Å²) in [7, 11) is 0. The summed E-state index contributed by atoms with van der Waals surface area (Å²) in [4.78, 5) is 11.0. The highest BCUT2D eigenvalue weighted by molar-refractivity contribution is 7.15. The number of aromatic nitrogens is 1. The molecule has 2 aliphatic rings. The number of aryl methyl sites for hydroxylation is 1. The van der Waals surface area contributed by atoms with Crippen molar-refractivity contribution in [1.29, 1.82) is 0 Å². The first-order chi connectivity index (χ1) is 8.78. The third-order valence-electron chi connectivity index (χ3n) is 4.16. The molecule has 3 heterocycles. The zero-order valence-electron chi connectivity index (χ0n) is 11.1. The number of rotatable bonds is 3. The minimum atomic E-state index is 0.618. The minimum Gasteiger partial charge on any atom is -0.346 e. The Hall–Kier alpha value is -0.650. The van der Waals surface area contributed by atoms with E-state index in [1.165, 1.54) is 42.4 Å². The fourth-order valence-electron chi connectivity index (χ4n) is 3.06. The summed E-state index contributed by atoms with van der Waals surface area (Å²) in [5.41, 5.74) is 6.85. The van der Waals surface area contributed by atoms with Crippen LogP contribution in [0.2, 0.25) is 0 Å². The van der Waals surface area contributed by atoms with Crippen molar-refractivity contribution in [2.75, 3.05) is 31.1 Å². The van der Waals surface area contributed by atoms with Crippen molar-refractivity contribution >= 4 is 16.5 Å². The summed E-state index contributed by atoms with van der Waals surface area (Å²) in [6.45, 7) is 7.57. The standard InChI is InChI=1S/C13H22N4S/c1-10-12(8-14)18-13(15-10)17-7-4-11(9-17)16-5-2-3-6-16/h11H,2-9,14H2,1H3. The molecule has 0 aliphatic carbocycles. The first-order valence-electron chi connectivity index (χ1n) is 6.93. The maximum Gasteiger partial charge on any atom is 0.185 e. The van der Waals surface area contributed by atoms with E-state index in [1.54, 1.807) is 11.3 Å². The van der Waals surface area contributed by atoms with Crippen molar-refractivity contribution in [2.45, 2.75) is 38.8 Å². The van der Waals surface area contributed by atoms with Crippen LogP contribution in [0.25, 0.3) is 0 Å². The lowest BCUT2D eigenvalue weighted by atomic mass is 10.2. The molecule has 0 spiro atoms. The van der Waals surface area contributed by atoms with Gasteiger partial charge >= 0.3 is 0 Å². The van der Waals surface area contributed by atoms with Crippen LogP contribution in [0.15, 0.2) is 0 Å². The van der Waals surface area contributed by atoms with E-state index in [-0.39, 0.29) is 0 Å². The molecular weight excluding hydrogens is 244 g/mol. The number of nitrogens with zero attached hydrogens (tertiary/aromatic N) is 3. The number of hydrogen-bond acceptors (Lipinski definition) is 5. The van der Waals surface area contributed by atoms with Gasteiger partial charge in [-0.2, -0.15) is 0 Å². The summed E-state index contributed by atoms with van der Waals surface area (Å²) < 4.78 is 0. The maximum absolute atomic E-state index is 5.73. The van der Waals surface area contributed by atoms with Gasteiger partial charge in [-0.1, -0.05) is 0 Å². The van der Waals surface area contributed by atoms with Gasteiger partial charge in [0.15, 0.2) is 5.13 Å². The smallest absolute Gasteiger partial charge is 0.185 e. The minimum absolute atomic E-state index is 0.618. The highest BCUT2D eigenvalue weighted by Gasteiger charge is 2.30. The zero-order valence-corrected chi connectivity index (χ0v) is 11.9. The molecule has 2 aliphatic heterocycles. The zero-order chi connectivity index (χ0) is 12.5. The lowest BCUT2D eigenvalue weighted by molar-refractivity contribution is 0.260. The van der Waals surface area contributed by atoms with Crippen LogP contribution in [0.5, 0.6) is 0 Å². The largest absolute Gasteiger partial charge is 0.346 e. The second-order valence-electron chi connectivity index (χ2n) is 5.34. The number of hydrogen-bond donors (Lipinski definition) is 1. The van der Waals surface area contributed by atoms with Crippen molar-refractivity contribution in [1.82, 2.24) is 9.88 Å². The van der Waals surface area contributed by atoms with Gasteiger partial charge in [-0.3, -0.25) is 4.90 Å². The van der Waals surface area contributed by atoms with Crippen molar-refractivity contribution in [2.24, 2.45) is 5.73 Å². The highest BCUT2D eigenvalue weighted by atomic mass is 32.1. The molecule has 0 bridgehead atoms. The van der Waals surface area contributed by atoms with Gasteiger partial charge in [-0.25, -0.2) is 4.98 Å². The Kier molecular flexibility index (Phi) is 3.54. The van der Waals surface area contributed by atoms with Crippen molar-refractivity contribution in [3.05, 3.63) is 10.6 Å². The van der Waals surface area contributed by atoms with Crippen LogP contribution < -0.4 is 10.6 Å². The van der Waals surface area contributed by atoms with Crippen LogP contribution in [0.1, 0.15) is 29.8 Å². The van der Waals surface area contributed by atoms with Crippen LogP contribution in [-0.4, -0.2) is 42.1 Å². The average Bonchev–Trinajstić information content (AvgIpc) is 3.08. The molecule has 2 fully saturated rings. The van der Waals surface area contributed by atoms with Gasteiger partial charge in [0.1, 0.15) is 0 Å². The number of anilines is 1. The molecule has 18 heavy (non-hydrogen) atoms. The van der Waals surface area contributed by atoms with Crippen LogP contribution in [0, 0.1) is 6.92 Å². The van der Waals surface area contributed by atoms with Gasteiger partial charge in [0.05, 0.1) is 5.69 Å². The van der Waals surface area contributed by atoms with Gasteiger partial charge in [0.2, 0.25) is 0 Å². The molecule has 0 amide bonds. The van der Waals surface area contributed by atoms with E-state index < -0.39 is 0 Å². The topological polar surface area (TPSA) is 45.4 Å². The second kappa shape index (κ2) is 5.15. The quantitative estimate of drug-likeness (QED) is 0.902. The summed E-state index contributed by atoms with van der Waals surface area (Å²) in [5, 5.41) is 1.18. The second-order valence-corrected chi connectivity index (χ2v) is 6.40. The Balaban J connectivity index is 1.67. The fraction of sp³-hybridized carbons (Fsp3) is 0.769. The predicted molar refractivity (Wildman–Crippen MR) is 76.2 cm³/mol. The molecule has 100 valence electrons. The summed E-state index contributed by atoms with van der Waals surface area (Å²) in [6.07, 6.45) is 4.05. The van der Waals surface area contributed by atoms with E-state index in [4.69, 9.17) is 5.73 Å². The fourth-order valence-corrected chi connectivity index (χ4v) is 4.03. The van der Waals surface area contributed by atoms with Gasteiger partial charge < -0.3 is 10.6 Å². The molecule has 3 rings (SSSR count). The van der Waals surface area contributed by atoms with Crippen LogP contribution in [0.3, 0.4) is 0 Å². The lowest BCUT2D eigenvalue weighted by Crippen LogP contribution is -2.35. The van der Waals surface area contributed by atoms with Crippen LogP contribution in [0.4, 0.5) is 5.13 Å². The summed E-state index contributed by atoms with van der Waals surface area (Å²) in [6, 6.07) is 0.748. The van der Waals surface area contributed by atoms with E-state index >= 15 is 0 Å². The van der Waals surface area contributed by atoms with Crippen molar-refractivity contribution in [3.63, 3.8) is 0 Å². The molecule has 1 atom stereocenters. The molecule has 2 saturated heterocycles. The van der Waals surface area contributed by atoms with Crippen LogP contribution >= 0.6 is 11.3 Å². The van der Waals surface area contributed by atoms with E-state index in [0.717, 1.165) is 24.8 Å². The molecule has 1 aromatic heterocycles. The molecule has 0 aromatic carbocycles. The monoisotopic (exact) mass is 266 g/mol. The van der Waals surface area contributed by atoms with Gasteiger partial charge in [0, 0.05) is 30.6 Å². The molecule has 1 aromatic rings. The normalized spacial score (nSPS) is 25.2. The van der Waals surface area contributed by atoms with E-state index in [1.807, 2.05) is 0 Å². The highest BCUT2D eigenvalue weighted by Crippen LogP contribution is 2.30. The Morgan fingerprint density at radius 1 is 1.33 bits per heavy atom. The van der Waals surface area contributed by atoms with Crippen LogP contribution in [-0.2, 0) is 6.54 Å². The molecular formula is C13H22N4S. The van der Waals surface area contributed by atoms with Gasteiger partial charge in [-0.05, 0) is 39.3 Å². The SMILES string of the molecule is Cc1nc(N2CCC(N3CCCC3)C2)sc1CN. The Morgan fingerprint density at radius 3 is 2.78 bits per heavy atom. The first kappa shape index (κ1) is 12.4. The Bertz CT molecular complexity index is 411. The Morgan fingerprint density at radius 2 is 2.11 bits per heavy atom. The molecule has 1 unspecified atom stereocenters. The first-order valence-corrected chi connectivity index (χ1v) is 7.75. The van der Waals surface area contributed by atoms with Crippen molar-refractivity contribution < 1.29 is 0 Å². The number of thiazole rings is 1. The molecule has 5 heteroatoms. The van der Waals surface area contributed by atoms with Gasteiger partial charge in [0.25, 0.3) is 0 Å². The van der Waals surface area contributed by atoms with Gasteiger partial charge in [-0.15, -0.1) is 11.3 Å². The van der Waals surface area contributed by atoms with E-state index in [9.17, 15) is 0 Å². The summed E-state index contributed by atoms with van der Waals surface area (Å²) >= 11 is 1.77. The lowest BCUT2D eigenvalue weighted by Gasteiger charge is -2.23. The predicted octanol–water partition coefficient (Wildman–Crippen LogP) is 1.58. The third-order valence-corrected chi connectivity index (χ3v) is 5.40. The molecule has 0 radical (unpaired) electrons. The number of nitrogens with two attached hydrogens (primary N) is 1. The maximum atomic E-state index is 5.73. The number of likely N-dealkylation sites (tertiary alicyclic amines) is 1. The summed E-state index contributed by atoms with van der Waals surface area (Å²) in [5.74, 6) is 0. The average molecular weight is 266 g/mol. The molecule has 2 N–H and O–H groups in total. The molecule has 4 nitrogen and oxygen atoms in total. The third kappa shape index (κ3) is 2.27. The van der Waals surface area contributed by atoms with Crippen molar-refractivity contribution in [3.8, 4) is 0 Å². The van der Waals surface area contributed by atoms with E-state index in [0.29, 0.717) is 6.54 Å². The molecule has 0 saturated carbocycles. The van der Waals surface area contributed by atoms with E-state index in [2.05, 4.69) is 21.7 Å². The Labute approximate surface area is 113 Å².